The summed E-state index contributed by atoms with van der Waals surface area (Å²) in [6.07, 6.45) is 4.08. The molecule has 0 spiro atoms. The Bertz CT molecular complexity index is 151. The molecule has 0 aliphatic carbocycles. The topological polar surface area (TPSA) is 0 Å². The molecule has 0 fully saturated rings. The number of benzene rings is 1. The van der Waals surface area contributed by atoms with Gasteiger partial charge in [-0.3, -0.25) is 0 Å². The van der Waals surface area contributed by atoms with E-state index in [2.05, 4.69) is 0 Å². The first-order valence-electron chi connectivity index (χ1n) is 2.92. The highest BCUT2D eigenvalue weighted by molar-refractivity contribution is 7.97. The van der Waals surface area contributed by atoms with E-state index in [9.17, 15) is 4.39 Å². The second kappa shape index (κ2) is 6.62. The summed E-state index contributed by atoms with van der Waals surface area (Å²) in [6, 6.07) is 7.94. The molecule has 1 rings (SSSR count). The molecule has 0 aromatic heterocycles. The molecule has 0 saturated carbocycles. The van der Waals surface area contributed by atoms with Crippen molar-refractivity contribution in [2.45, 2.75) is 0 Å². The van der Waals surface area contributed by atoms with Gasteiger partial charge in [0.1, 0.15) is 5.82 Å². The van der Waals surface area contributed by atoms with Crippen molar-refractivity contribution >= 4 is 11.8 Å². The van der Waals surface area contributed by atoms with Crippen LogP contribution in [-0.4, -0.2) is 12.5 Å². The van der Waals surface area contributed by atoms with Gasteiger partial charge in [0.2, 0.25) is 0 Å². The third kappa shape index (κ3) is 5.63. The summed E-state index contributed by atoms with van der Waals surface area (Å²) in [5, 5.41) is 0. The standard InChI is InChI=1S/C6H5F.C2H6S/c7-6-4-2-1-3-5-6;1-3-2/h1-5H;1-2H3. The van der Waals surface area contributed by atoms with Crippen LogP contribution in [0.5, 0.6) is 0 Å². The summed E-state index contributed by atoms with van der Waals surface area (Å²) in [7, 11) is 0. The average molecular weight is 158 g/mol. The zero-order valence-electron chi connectivity index (χ0n) is 6.17. The fourth-order valence-corrected chi connectivity index (χ4v) is 0.415. The summed E-state index contributed by atoms with van der Waals surface area (Å²) in [5.74, 6) is -0.178. The van der Waals surface area contributed by atoms with E-state index in [1.807, 2.05) is 12.5 Å². The summed E-state index contributed by atoms with van der Waals surface area (Å²) in [4.78, 5) is 0. The Morgan fingerprint density at radius 1 is 1.10 bits per heavy atom. The third-order valence-corrected chi connectivity index (χ3v) is 0.733. The lowest BCUT2D eigenvalue weighted by Gasteiger charge is -1.78. The summed E-state index contributed by atoms with van der Waals surface area (Å²) in [6.45, 7) is 0. The Balaban J connectivity index is 0.000000236. The van der Waals surface area contributed by atoms with Crippen molar-refractivity contribution in [1.29, 1.82) is 0 Å². The third-order valence-electron chi connectivity index (χ3n) is 0.733. The van der Waals surface area contributed by atoms with Crippen molar-refractivity contribution in [3.63, 3.8) is 0 Å². The van der Waals surface area contributed by atoms with E-state index in [1.165, 1.54) is 12.1 Å². The molecule has 0 bridgehead atoms. The van der Waals surface area contributed by atoms with Crippen molar-refractivity contribution in [2.75, 3.05) is 12.5 Å². The molecule has 10 heavy (non-hydrogen) atoms. The van der Waals surface area contributed by atoms with Crippen LogP contribution in [0.4, 0.5) is 4.39 Å². The van der Waals surface area contributed by atoms with E-state index in [-0.39, 0.29) is 5.82 Å². The van der Waals surface area contributed by atoms with Gasteiger partial charge >= 0.3 is 0 Å². The van der Waals surface area contributed by atoms with Crippen LogP contribution in [0.1, 0.15) is 0 Å². The maximum absolute atomic E-state index is 11.9. The van der Waals surface area contributed by atoms with E-state index in [0.29, 0.717) is 0 Å². The van der Waals surface area contributed by atoms with E-state index >= 15 is 0 Å². The monoisotopic (exact) mass is 158 g/mol. The molecule has 56 valence electrons. The quantitative estimate of drug-likeness (QED) is 0.559. The normalized spacial score (nSPS) is 7.90. The van der Waals surface area contributed by atoms with Crippen molar-refractivity contribution in [3.8, 4) is 0 Å². The van der Waals surface area contributed by atoms with E-state index in [4.69, 9.17) is 0 Å². The van der Waals surface area contributed by atoms with Crippen LogP contribution < -0.4 is 0 Å². The highest BCUT2D eigenvalue weighted by Crippen LogP contribution is 1.91. The van der Waals surface area contributed by atoms with Gasteiger partial charge in [-0.05, 0) is 24.6 Å². The number of rotatable bonds is 0. The molecule has 0 nitrogen and oxygen atoms in total. The molecule has 0 heterocycles. The van der Waals surface area contributed by atoms with Crippen molar-refractivity contribution in [1.82, 2.24) is 0 Å². The predicted molar refractivity (Wildman–Crippen MR) is 45.8 cm³/mol. The first kappa shape index (κ1) is 9.50. The van der Waals surface area contributed by atoms with Crippen molar-refractivity contribution < 1.29 is 4.39 Å². The van der Waals surface area contributed by atoms with Gasteiger partial charge in [-0.25, -0.2) is 4.39 Å². The Labute approximate surface area is 65.5 Å². The number of halogens is 1. The van der Waals surface area contributed by atoms with Gasteiger partial charge < -0.3 is 0 Å². The van der Waals surface area contributed by atoms with Crippen LogP contribution in [0.15, 0.2) is 30.3 Å². The van der Waals surface area contributed by atoms with Gasteiger partial charge in [-0.2, -0.15) is 11.8 Å². The molecule has 0 aliphatic rings. The second-order valence-corrected chi connectivity index (χ2v) is 2.52. The molecule has 1 aromatic rings. The molecule has 0 unspecified atom stereocenters. The number of thioether (sulfide) groups is 1. The lowest BCUT2D eigenvalue weighted by atomic mass is 10.4. The van der Waals surface area contributed by atoms with E-state index in [1.54, 1.807) is 30.0 Å². The van der Waals surface area contributed by atoms with Gasteiger partial charge in [0.05, 0.1) is 0 Å². The number of hydrogen-bond donors (Lipinski definition) is 0. The fourth-order valence-electron chi connectivity index (χ4n) is 0.415. The fraction of sp³-hybridized carbons (Fsp3) is 0.250. The van der Waals surface area contributed by atoms with Gasteiger partial charge in [0.15, 0.2) is 0 Å². The largest absolute Gasteiger partial charge is 0.207 e. The molecule has 0 N–H and O–H groups in total. The molecule has 0 atom stereocenters. The SMILES string of the molecule is CSC.Fc1ccccc1. The smallest absolute Gasteiger partial charge is 0.123 e. The van der Waals surface area contributed by atoms with Gasteiger partial charge in [0.25, 0.3) is 0 Å². The maximum atomic E-state index is 11.9. The zero-order valence-corrected chi connectivity index (χ0v) is 6.99. The van der Waals surface area contributed by atoms with Crippen LogP contribution in [0.3, 0.4) is 0 Å². The van der Waals surface area contributed by atoms with E-state index < -0.39 is 0 Å². The highest BCUT2D eigenvalue weighted by Gasteiger charge is 1.77. The van der Waals surface area contributed by atoms with Crippen LogP contribution in [0.25, 0.3) is 0 Å². The molecule has 2 heteroatoms. The molecule has 0 radical (unpaired) electrons. The average Bonchev–Trinajstić information content (AvgIpc) is 1.91. The summed E-state index contributed by atoms with van der Waals surface area (Å²) < 4.78 is 11.9. The minimum absolute atomic E-state index is 0.178. The summed E-state index contributed by atoms with van der Waals surface area (Å²) in [5.41, 5.74) is 0. The predicted octanol–water partition coefficient (Wildman–Crippen LogP) is 2.80. The molecule has 1 aromatic carbocycles. The van der Waals surface area contributed by atoms with Crippen LogP contribution in [0, 0.1) is 5.82 Å². The molecule has 0 saturated heterocycles. The minimum atomic E-state index is -0.178. The molecule has 0 amide bonds. The minimum Gasteiger partial charge on any atom is -0.207 e. The number of hydrogen-bond acceptors (Lipinski definition) is 1. The van der Waals surface area contributed by atoms with E-state index in [0.717, 1.165) is 0 Å². The van der Waals surface area contributed by atoms with Gasteiger partial charge in [0, 0.05) is 0 Å². The van der Waals surface area contributed by atoms with Crippen LogP contribution in [-0.2, 0) is 0 Å². The van der Waals surface area contributed by atoms with Crippen LogP contribution >= 0.6 is 11.8 Å². The highest BCUT2D eigenvalue weighted by atomic mass is 32.2. The summed E-state index contributed by atoms with van der Waals surface area (Å²) >= 11 is 1.75. The first-order valence-corrected chi connectivity index (χ1v) is 4.55. The molecular formula is C8H11FS. The zero-order chi connectivity index (χ0) is 7.82. The Hall–Kier alpha value is -0.500. The Kier molecular flexibility index (Phi) is 6.29. The first-order chi connectivity index (χ1) is 4.81. The Morgan fingerprint density at radius 3 is 1.70 bits per heavy atom. The lowest BCUT2D eigenvalue weighted by molar-refractivity contribution is 0.628. The maximum Gasteiger partial charge on any atom is 0.123 e. The molecule has 0 aliphatic heterocycles. The van der Waals surface area contributed by atoms with Gasteiger partial charge in [-0.15, -0.1) is 0 Å². The van der Waals surface area contributed by atoms with Crippen molar-refractivity contribution in [2.24, 2.45) is 0 Å². The lowest BCUT2D eigenvalue weighted by Crippen LogP contribution is -1.63. The molecular weight excluding hydrogens is 147 g/mol. The Morgan fingerprint density at radius 2 is 1.50 bits per heavy atom. The second-order valence-electron chi connectivity index (χ2n) is 1.70. The van der Waals surface area contributed by atoms with Gasteiger partial charge in [-0.1, -0.05) is 18.2 Å². The van der Waals surface area contributed by atoms with Crippen LogP contribution in [0.2, 0.25) is 0 Å². The van der Waals surface area contributed by atoms with Crippen molar-refractivity contribution in [3.05, 3.63) is 36.1 Å².